The van der Waals surface area contributed by atoms with Gasteiger partial charge in [0, 0.05) is 6.42 Å². The van der Waals surface area contributed by atoms with Crippen LogP contribution in [0.5, 0.6) is 0 Å². The molecule has 0 saturated heterocycles. The van der Waals surface area contributed by atoms with Crippen molar-refractivity contribution in [2.24, 2.45) is 17.3 Å². The number of carboxylic acids is 1. The Hall–Kier alpha value is -0.790. The van der Waals surface area contributed by atoms with Gasteiger partial charge in [-0.1, -0.05) is 32.4 Å². The van der Waals surface area contributed by atoms with Gasteiger partial charge in [0.25, 0.3) is 0 Å². The molecule has 0 aromatic rings. The molecular formula is C13H22O2. The van der Waals surface area contributed by atoms with Crippen LogP contribution in [0.4, 0.5) is 0 Å². The first-order valence-corrected chi connectivity index (χ1v) is 5.73. The second-order valence-corrected chi connectivity index (χ2v) is 5.53. The second kappa shape index (κ2) is 4.38. The summed E-state index contributed by atoms with van der Waals surface area (Å²) < 4.78 is 0. The van der Waals surface area contributed by atoms with Crippen molar-refractivity contribution in [2.75, 3.05) is 0 Å². The van der Waals surface area contributed by atoms with Crippen LogP contribution in [0.2, 0.25) is 0 Å². The number of allylic oxidation sites excluding steroid dienone is 2. The lowest BCUT2D eigenvalue weighted by molar-refractivity contribution is -0.138. The van der Waals surface area contributed by atoms with Crippen LogP contribution < -0.4 is 0 Å². The Morgan fingerprint density at radius 3 is 2.73 bits per heavy atom. The predicted octanol–water partition coefficient (Wildman–Crippen LogP) is 3.48. The van der Waals surface area contributed by atoms with Crippen LogP contribution in [0.15, 0.2) is 11.6 Å². The summed E-state index contributed by atoms with van der Waals surface area (Å²) in [5, 5.41) is 8.85. The highest BCUT2D eigenvalue weighted by Crippen LogP contribution is 2.45. The Balaban J connectivity index is 2.83. The molecule has 1 rings (SSSR count). The maximum Gasteiger partial charge on any atom is 0.303 e. The third-order valence-electron chi connectivity index (χ3n) is 3.65. The lowest BCUT2D eigenvalue weighted by atomic mass is 9.63. The van der Waals surface area contributed by atoms with Gasteiger partial charge < -0.3 is 5.11 Å². The van der Waals surface area contributed by atoms with Gasteiger partial charge in [-0.3, -0.25) is 4.79 Å². The van der Waals surface area contributed by atoms with E-state index in [1.165, 1.54) is 12.0 Å². The molecule has 2 heteroatoms. The summed E-state index contributed by atoms with van der Waals surface area (Å²) in [6.07, 6.45) is 4.85. The maximum atomic E-state index is 10.8. The number of hydrogen-bond acceptors (Lipinski definition) is 1. The largest absolute Gasteiger partial charge is 0.481 e. The van der Waals surface area contributed by atoms with Crippen molar-refractivity contribution in [3.05, 3.63) is 11.6 Å². The normalized spacial score (nSPS) is 26.9. The molecule has 0 heterocycles. The quantitative estimate of drug-likeness (QED) is 0.724. The summed E-state index contributed by atoms with van der Waals surface area (Å²) in [7, 11) is 0. The van der Waals surface area contributed by atoms with Crippen LogP contribution in [0, 0.1) is 17.3 Å². The fourth-order valence-electron chi connectivity index (χ4n) is 3.18. The molecule has 2 nitrogen and oxygen atoms in total. The average molecular weight is 210 g/mol. The van der Waals surface area contributed by atoms with Gasteiger partial charge in [0.05, 0.1) is 0 Å². The topological polar surface area (TPSA) is 37.3 Å². The van der Waals surface area contributed by atoms with Crippen molar-refractivity contribution in [3.63, 3.8) is 0 Å². The van der Waals surface area contributed by atoms with Crippen molar-refractivity contribution in [1.29, 1.82) is 0 Å². The highest BCUT2D eigenvalue weighted by atomic mass is 16.4. The Morgan fingerprint density at radius 2 is 2.27 bits per heavy atom. The van der Waals surface area contributed by atoms with Crippen molar-refractivity contribution in [2.45, 2.75) is 47.0 Å². The van der Waals surface area contributed by atoms with Gasteiger partial charge in [-0.15, -0.1) is 0 Å². The summed E-state index contributed by atoms with van der Waals surface area (Å²) >= 11 is 0. The minimum absolute atomic E-state index is 0.231. The average Bonchev–Trinajstić information content (AvgIpc) is 1.99. The lowest BCUT2D eigenvalue weighted by Gasteiger charge is -2.41. The fraction of sp³-hybridized carbons (Fsp3) is 0.769. The molecule has 1 N–H and O–H groups in total. The molecule has 0 amide bonds. The third kappa shape index (κ3) is 2.83. The molecule has 0 aromatic carbocycles. The predicted molar refractivity (Wildman–Crippen MR) is 61.7 cm³/mol. The van der Waals surface area contributed by atoms with Gasteiger partial charge in [-0.05, 0) is 37.0 Å². The Labute approximate surface area is 92.4 Å². The SMILES string of the molecule is CC1=CCCC(C)(C)C1[C@H](C)CC(=O)O. The van der Waals surface area contributed by atoms with E-state index < -0.39 is 5.97 Å². The van der Waals surface area contributed by atoms with E-state index in [2.05, 4.69) is 33.8 Å². The van der Waals surface area contributed by atoms with Crippen LogP contribution in [0.25, 0.3) is 0 Å². The summed E-state index contributed by atoms with van der Waals surface area (Å²) in [6.45, 7) is 8.71. The lowest BCUT2D eigenvalue weighted by Crippen LogP contribution is -2.33. The molecule has 0 aromatic heterocycles. The molecule has 1 aliphatic rings. The maximum absolute atomic E-state index is 10.8. The molecule has 86 valence electrons. The number of carboxylic acid groups (broad SMARTS) is 1. The number of carbonyl (C=O) groups is 1. The molecule has 0 radical (unpaired) electrons. The minimum atomic E-state index is -0.684. The standard InChI is InChI=1S/C13H22O2/c1-9-6-5-7-13(3,4)12(9)10(2)8-11(14)15/h6,10,12H,5,7-8H2,1-4H3,(H,14,15)/t10-,12?/m1/s1. The Kier molecular flexibility index (Phi) is 3.58. The minimum Gasteiger partial charge on any atom is -0.481 e. The Bertz CT molecular complexity index is 276. The van der Waals surface area contributed by atoms with Crippen LogP contribution >= 0.6 is 0 Å². The Morgan fingerprint density at radius 1 is 1.67 bits per heavy atom. The molecular weight excluding hydrogens is 188 g/mol. The van der Waals surface area contributed by atoms with Gasteiger partial charge in [0.15, 0.2) is 0 Å². The van der Waals surface area contributed by atoms with Crippen LogP contribution in [0.3, 0.4) is 0 Å². The van der Waals surface area contributed by atoms with Crippen LogP contribution in [-0.4, -0.2) is 11.1 Å². The number of aliphatic carboxylic acids is 1. The van der Waals surface area contributed by atoms with E-state index in [9.17, 15) is 4.79 Å². The second-order valence-electron chi connectivity index (χ2n) is 5.53. The van der Waals surface area contributed by atoms with Gasteiger partial charge in [0.2, 0.25) is 0 Å². The van der Waals surface area contributed by atoms with E-state index in [1.54, 1.807) is 0 Å². The van der Waals surface area contributed by atoms with E-state index in [1.807, 2.05) is 0 Å². The van der Waals surface area contributed by atoms with Crippen LogP contribution in [0.1, 0.15) is 47.0 Å². The van der Waals surface area contributed by atoms with Crippen molar-refractivity contribution in [3.8, 4) is 0 Å². The molecule has 0 fully saturated rings. The van der Waals surface area contributed by atoms with Crippen molar-refractivity contribution in [1.82, 2.24) is 0 Å². The summed E-state index contributed by atoms with van der Waals surface area (Å²) in [4.78, 5) is 10.8. The van der Waals surface area contributed by atoms with Gasteiger partial charge in [0.1, 0.15) is 0 Å². The van der Waals surface area contributed by atoms with E-state index in [-0.39, 0.29) is 17.8 Å². The zero-order valence-electron chi connectivity index (χ0n) is 10.2. The molecule has 0 aliphatic heterocycles. The highest BCUT2D eigenvalue weighted by molar-refractivity contribution is 5.67. The molecule has 0 saturated carbocycles. The zero-order chi connectivity index (χ0) is 11.6. The van der Waals surface area contributed by atoms with Crippen molar-refractivity contribution < 1.29 is 9.90 Å². The third-order valence-corrected chi connectivity index (χ3v) is 3.65. The number of hydrogen-bond donors (Lipinski definition) is 1. The first kappa shape index (κ1) is 12.3. The smallest absolute Gasteiger partial charge is 0.303 e. The number of rotatable bonds is 3. The first-order valence-electron chi connectivity index (χ1n) is 5.73. The molecule has 15 heavy (non-hydrogen) atoms. The monoisotopic (exact) mass is 210 g/mol. The van der Waals surface area contributed by atoms with Crippen LogP contribution in [-0.2, 0) is 4.79 Å². The summed E-state index contributed by atoms with van der Waals surface area (Å²) in [5.74, 6) is -0.0342. The highest BCUT2D eigenvalue weighted by Gasteiger charge is 2.36. The summed E-state index contributed by atoms with van der Waals surface area (Å²) in [6, 6.07) is 0. The molecule has 0 bridgehead atoms. The van der Waals surface area contributed by atoms with Crippen molar-refractivity contribution >= 4 is 5.97 Å². The first-order chi connectivity index (χ1) is 6.84. The van der Waals surface area contributed by atoms with Gasteiger partial charge in [-0.25, -0.2) is 0 Å². The molecule has 1 aliphatic carbocycles. The zero-order valence-corrected chi connectivity index (χ0v) is 10.2. The van der Waals surface area contributed by atoms with E-state index in [4.69, 9.17) is 5.11 Å². The summed E-state index contributed by atoms with van der Waals surface area (Å²) in [5.41, 5.74) is 1.62. The van der Waals surface area contributed by atoms with Gasteiger partial charge in [-0.2, -0.15) is 0 Å². The van der Waals surface area contributed by atoms with Gasteiger partial charge >= 0.3 is 5.97 Å². The molecule has 1 unspecified atom stereocenters. The van der Waals surface area contributed by atoms with E-state index in [0.717, 1.165) is 6.42 Å². The molecule has 2 atom stereocenters. The molecule has 0 spiro atoms. The fourth-order valence-corrected chi connectivity index (χ4v) is 3.18. The van der Waals surface area contributed by atoms with E-state index >= 15 is 0 Å². The van der Waals surface area contributed by atoms with E-state index in [0.29, 0.717) is 5.92 Å².